The monoisotopic (exact) mass is 222 g/mol. The molecule has 14 heavy (non-hydrogen) atoms. The summed E-state index contributed by atoms with van der Waals surface area (Å²) in [5.74, 6) is -2.31. The molecule has 5 heteroatoms. The van der Waals surface area contributed by atoms with E-state index >= 15 is 0 Å². The summed E-state index contributed by atoms with van der Waals surface area (Å²) in [5, 5.41) is -3.98. The van der Waals surface area contributed by atoms with E-state index in [-0.39, 0.29) is 5.56 Å². The Morgan fingerprint density at radius 3 is 2.43 bits per heavy atom. The summed E-state index contributed by atoms with van der Waals surface area (Å²) in [4.78, 5) is 10.9. The molecule has 0 aliphatic carbocycles. The van der Waals surface area contributed by atoms with Gasteiger partial charge >= 0.3 is 5.38 Å². The van der Waals surface area contributed by atoms with E-state index in [0.29, 0.717) is 0 Å². The maximum atomic E-state index is 12.9. The molecule has 0 N–H and O–H groups in total. The third-order valence-electron chi connectivity index (χ3n) is 1.69. The average Bonchev–Trinajstić information content (AvgIpc) is 2.07. The van der Waals surface area contributed by atoms with Crippen LogP contribution in [0.25, 0.3) is 0 Å². The van der Waals surface area contributed by atoms with Crippen LogP contribution < -0.4 is 0 Å². The fraction of sp³-hybridized carbons (Fsp3) is 0.222. The highest BCUT2D eigenvalue weighted by Crippen LogP contribution is 2.25. The summed E-state index contributed by atoms with van der Waals surface area (Å²) in [6.45, 7) is 1.46. The SMILES string of the molecule is Cc1ccc(C(=O)C(F)(F)Cl)cc1F. The maximum Gasteiger partial charge on any atom is 0.384 e. The van der Waals surface area contributed by atoms with Gasteiger partial charge in [-0.05, 0) is 30.2 Å². The third kappa shape index (κ3) is 2.26. The molecule has 1 rings (SSSR count). The van der Waals surface area contributed by atoms with E-state index in [9.17, 15) is 18.0 Å². The number of carbonyl (C=O) groups is 1. The zero-order valence-corrected chi connectivity index (χ0v) is 7.91. The minimum Gasteiger partial charge on any atom is -0.286 e. The number of benzene rings is 1. The molecule has 0 saturated heterocycles. The number of hydrogen-bond acceptors (Lipinski definition) is 1. The van der Waals surface area contributed by atoms with Crippen LogP contribution in [0.15, 0.2) is 18.2 Å². The fourth-order valence-electron chi connectivity index (χ4n) is 0.898. The smallest absolute Gasteiger partial charge is 0.286 e. The van der Waals surface area contributed by atoms with Crippen LogP contribution in [0.3, 0.4) is 0 Å². The summed E-state index contributed by atoms with van der Waals surface area (Å²) in [7, 11) is 0. The summed E-state index contributed by atoms with van der Waals surface area (Å²) in [5.41, 5.74) is -0.160. The number of rotatable bonds is 2. The van der Waals surface area contributed by atoms with Gasteiger partial charge in [-0.15, -0.1) is 0 Å². The number of ketones is 1. The van der Waals surface area contributed by atoms with Crippen LogP contribution in [0.2, 0.25) is 0 Å². The molecule has 0 unspecified atom stereocenters. The van der Waals surface area contributed by atoms with Crippen LogP contribution in [0.1, 0.15) is 15.9 Å². The normalized spacial score (nSPS) is 11.5. The van der Waals surface area contributed by atoms with Gasteiger partial charge in [0.1, 0.15) is 5.82 Å². The Morgan fingerprint density at radius 2 is 2.00 bits per heavy atom. The maximum absolute atomic E-state index is 12.9. The molecule has 0 atom stereocenters. The number of aryl methyl sites for hydroxylation is 1. The number of carbonyl (C=O) groups excluding carboxylic acids is 1. The Kier molecular flexibility index (Phi) is 2.85. The van der Waals surface area contributed by atoms with Crippen LogP contribution in [0, 0.1) is 12.7 Å². The molecule has 0 aliphatic heterocycles. The summed E-state index contributed by atoms with van der Waals surface area (Å²) in [6.07, 6.45) is 0. The highest BCUT2D eigenvalue weighted by Gasteiger charge is 2.36. The molecular formula is C9H6ClF3O. The van der Waals surface area contributed by atoms with Crippen LogP contribution >= 0.6 is 11.6 Å². The first-order valence-electron chi connectivity index (χ1n) is 3.70. The van der Waals surface area contributed by atoms with Gasteiger partial charge in [-0.2, -0.15) is 8.78 Å². The Morgan fingerprint density at radius 1 is 1.43 bits per heavy atom. The van der Waals surface area contributed by atoms with E-state index in [1.165, 1.54) is 13.0 Å². The lowest BCUT2D eigenvalue weighted by Gasteiger charge is -2.06. The molecular weight excluding hydrogens is 217 g/mol. The topological polar surface area (TPSA) is 17.1 Å². The van der Waals surface area contributed by atoms with Crippen molar-refractivity contribution in [1.29, 1.82) is 0 Å². The molecule has 0 amide bonds. The van der Waals surface area contributed by atoms with Crippen LogP contribution in [0.5, 0.6) is 0 Å². The van der Waals surface area contributed by atoms with Gasteiger partial charge in [0.05, 0.1) is 0 Å². The zero-order chi connectivity index (χ0) is 10.9. The lowest BCUT2D eigenvalue weighted by molar-refractivity contribution is 0.0536. The molecule has 76 valence electrons. The van der Waals surface area contributed by atoms with Gasteiger partial charge in [-0.1, -0.05) is 12.1 Å². The highest BCUT2D eigenvalue weighted by molar-refractivity contribution is 6.35. The van der Waals surface area contributed by atoms with Crippen LogP contribution in [-0.4, -0.2) is 11.2 Å². The third-order valence-corrected chi connectivity index (χ3v) is 1.86. The second-order valence-corrected chi connectivity index (χ2v) is 3.27. The summed E-state index contributed by atoms with van der Waals surface area (Å²) >= 11 is 4.50. The molecule has 0 aromatic heterocycles. The minimum atomic E-state index is -3.98. The second-order valence-electron chi connectivity index (χ2n) is 2.79. The first-order chi connectivity index (χ1) is 6.32. The molecule has 0 fully saturated rings. The van der Waals surface area contributed by atoms with Crippen molar-refractivity contribution in [2.45, 2.75) is 12.3 Å². The van der Waals surface area contributed by atoms with Gasteiger partial charge < -0.3 is 0 Å². The summed E-state index contributed by atoms with van der Waals surface area (Å²) < 4.78 is 37.5. The molecule has 1 aromatic carbocycles. The Hall–Kier alpha value is -1.03. The van der Waals surface area contributed by atoms with E-state index in [0.717, 1.165) is 12.1 Å². The predicted molar refractivity (Wildman–Crippen MR) is 46.3 cm³/mol. The van der Waals surface area contributed by atoms with Crippen molar-refractivity contribution in [2.75, 3.05) is 0 Å². The Labute approximate surface area is 83.5 Å². The zero-order valence-electron chi connectivity index (χ0n) is 7.15. The standard InChI is InChI=1S/C9H6ClF3O/c1-5-2-3-6(4-7(5)11)8(14)9(10,12)13/h2-4H,1H3. The van der Waals surface area contributed by atoms with E-state index < -0.39 is 22.5 Å². The second kappa shape index (κ2) is 3.61. The van der Waals surface area contributed by atoms with Gasteiger partial charge in [-0.3, -0.25) is 4.79 Å². The minimum absolute atomic E-state index is 0.277. The quantitative estimate of drug-likeness (QED) is 0.555. The Bertz CT molecular complexity index is 371. The van der Waals surface area contributed by atoms with Crippen molar-refractivity contribution in [3.8, 4) is 0 Å². The fourth-order valence-corrected chi connectivity index (χ4v) is 1.01. The lowest BCUT2D eigenvalue weighted by atomic mass is 10.1. The molecule has 0 bridgehead atoms. The van der Waals surface area contributed by atoms with E-state index in [1.807, 2.05) is 0 Å². The van der Waals surface area contributed by atoms with Crippen molar-refractivity contribution < 1.29 is 18.0 Å². The van der Waals surface area contributed by atoms with Crippen molar-refractivity contribution in [1.82, 2.24) is 0 Å². The van der Waals surface area contributed by atoms with Crippen molar-refractivity contribution in [3.63, 3.8) is 0 Å². The van der Waals surface area contributed by atoms with Gasteiger partial charge in [0.2, 0.25) is 5.78 Å². The molecule has 1 nitrogen and oxygen atoms in total. The van der Waals surface area contributed by atoms with Crippen molar-refractivity contribution >= 4 is 17.4 Å². The molecule has 0 radical (unpaired) electrons. The first-order valence-corrected chi connectivity index (χ1v) is 4.08. The molecule has 0 saturated carbocycles. The highest BCUT2D eigenvalue weighted by atomic mass is 35.5. The van der Waals surface area contributed by atoms with Crippen LogP contribution in [-0.2, 0) is 0 Å². The largest absolute Gasteiger partial charge is 0.384 e. The van der Waals surface area contributed by atoms with Crippen molar-refractivity contribution in [3.05, 3.63) is 35.1 Å². The number of alkyl halides is 3. The number of hydrogen-bond donors (Lipinski definition) is 0. The van der Waals surface area contributed by atoms with Gasteiger partial charge in [0.15, 0.2) is 0 Å². The average molecular weight is 223 g/mol. The molecule has 0 spiro atoms. The molecule has 0 aliphatic rings. The van der Waals surface area contributed by atoms with E-state index in [1.54, 1.807) is 0 Å². The van der Waals surface area contributed by atoms with Crippen molar-refractivity contribution in [2.24, 2.45) is 0 Å². The Balaban J connectivity index is 3.10. The predicted octanol–water partition coefficient (Wildman–Crippen LogP) is 3.15. The number of halogens is 4. The van der Waals surface area contributed by atoms with Gasteiger partial charge in [-0.25, -0.2) is 4.39 Å². The van der Waals surface area contributed by atoms with Gasteiger partial charge in [0, 0.05) is 5.56 Å². The lowest BCUT2D eigenvalue weighted by Crippen LogP contribution is -2.21. The van der Waals surface area contributed by atoms with Gasteiger partial charge in [0.25, 0.3) is 0 Å². The number of Topliss-reactive ketones (excluding diaryl/α,β-unsaturated/α-hetero) is 1. The summed E-state index contributed by atoms with van der Waals surface area (Å²) in [6, 6.07) is 3.09. The first kappa shape index (κ1) is 11.0. The van der Waals surface area contributed by atoms with E-state index in [2.05, 4.69) is 11.6 Å². The molecule has 0 heterocycles. The van der Waals surface area contributed by atoms with Crippen LogP contribution in [0.4, 0.5) is 13.2 Å². The molecule has 1 aromatic rings. The van der Waals surface area contributed by atoms with E-state index in [4.69, 9.17) is 0 Å².